The van der Waals surface area contributed by atoms with Crippen molar-refractivity contribution in [2.75, 3.05) is 13.6 Å². The van der Waals surface area contributed by atoms with Crippen LogP contribution >= 0.6 is 0 Å². The molecular formula is C18H28FNO. The Morgan fingerprint density at radius 2 is 1.48 bits per heavy atom. The number of amides is 1. The van der Waals surface area contributed by atoms with Crippen LogP contribution in [-0.2, 0) is 0 Å². The lowest BCUT2D eigenvalue weighted by molar-refractivity contribution is 0.0792. The van der Waals surface area contributed by atoms with Crippen LogP contribution < -0.4 is 0 Å². The molecule has 0 unspecified atom stereocenters. The largest absolute Gasteiger partial charge is 0.342 e. The summed E-state index contributed by atoms with van der Waals surface area (Å²) >= 11 is 0. The Morgan fingerprint density at radius 1 is 0.952 bits per heavy atom. The summed E-state index contributed by atoms with van der Waals surface area (Å²) in [4.78, 5) is 13.8. The SMILES string of the molecule is CCCCCCCCCCN(C)C(=O)c1ccc(F)cc1. The first-order chi connectivity index (χ1) is 10.1. The fourth-order valence-corrected chi connectivity index (χ4v) is 2.40. The molecule has 1 aromatic carbocycles. The zero-order valence-electron chi connectivity index (χ0n) is 13.4. The third-order valence-corrected chi connectivity index (χ3v) is 3.78. The highest BCUT2D eigenvalue weighted by molar-refractivity contribution is 5.93. The van der Waals surface area contributed by atoms with Gasteiger partial charge >= 0.3 is 0 Å². The first kappa shape index (κ1) is 17.7. The van der Waals surface area contributed by atoms with Gasteiger partial charge in [-0.05, 0) is 30.7 Å². The molecule has 21 heavy (non-hydrogen) atoms. The molecule has 0 fully saturated rings. The maximum Gasteiger partial charge on any atom is 0.253 e. The number of carbonyl (C=O) groups excluding carboxylic acids is 1. The maximum atomic E-state index is 12.8. The summed E-state index contributed by atoms with van der Waals surface area (Å²) in [6.07, 6.45) is 10.1. The van der Waals surface area contributed by atoms with Gasteiger partial charge in [0.1, 0.15) is 5.82 Å². The molecule has 2 nitrogen and oxygen atoms in total. The van der Waals surface area contributed by atoms with Crippen LogP contribution in [0.1, 0.15) is 68.6 Å². The van der Waals surface area contributed by atoms with Crippen LogP contribution in [0.4, 0.5) is 4.39 Å². The van der Waals surface area contributed by atoms with E-state index in [1.807, 2.05) is 7.05 Å². The van der Waals surface area contributed by atoms with Crippen LogP contribution in [0.25, 0.3) is 0 Å². The fraction of sp³-hybridized carbons (Fsp3) is 0.611. The molecule has 1 rings (SSSR count). The number of nitrogens with zero attached hydrogens (tertiary/aromatic N) is 1. The summed E-state index contributed by atoms with van der Waals surface area (Å²) in [5, 5.41) is 0. The molecule has 0 spiro atoms. The lowest BCUT2D eigenvalue weighted by atomic mass is 10.1. The lowest BCUT2D eigenvalue weighted by Gasteiger charge is -2.17. The van der Waals surface area contributed by atoms with E-state index in [1.54, 1.807) is 17.0 Å². The molecule has 0 N–H and O–H groups in total. The number of unbranched alkanes of at least 4 members (excludes halogenated alkanes) is 7. The quantitative estimate of drug-likeness (QED) is 0.553. The fourth-order valence-electron chi connectivity index (χ4n) is 2.40. The molecule has 1 amide bonds. The Balaban J connectivity index is 2.14. The van der Waals surface area contributed by atoms with Crippen molar-refractivity contribution in [1.82, 2.24) is 4.90 Å². The Morgan fingerprint density at radius 3 is 2.05 bits per heavy atom. The zero-order valence-corrected chi connectivity index (χ0v) is 13.4. The van der Waals surface area contributed by atoms with Gasteiger partial charge in [0.25, 0.3) is 5.91 Å². The van der Waals surface area contributed by atoms with Crippen LogP contribution in [0, 0.1) is 5.82 Å². The van der Waals surface area contributed by atoms with Gasteiger partial charge in [0.2, 0.25) is 0 Å². The van der Waals surface area contributed by atoms with Crippen LogP contribution in [0.2, 0.25) is 0 Å². The Hall–Kier alpha value is -1.38. The summed E-state index contributed by atoms with van der Waals surface area (Å²) in [5.74, 6) is -0.338. The van der Waals surface area contributed by atoms with Crippen molar-refractivity contribution in [2.45, 2.75) is 58.3 Å². The number of hydrogen-bond acceptors (Lipinski definition) is 1. The van der Waals surface area contributed by atoms with Crippen LogP contribution in [0.15, 0.2) is 24.3 Å². The Bertz CT molecular complexity index is 402. The highest BCUT2D eigenvalue weighted by atomic mass is 19.1. The van der Waals surface area contributed by atoms with E-state index in [9.17, 15) is 9.18 Å². The molecule has 0 radical (unpaired) electrons. The molecule has 0 aliphatic heterocycles. The van der Waals surface area contributed by atoms with E-state index < -0.39 is 0 Å². The van der Waals surface area contributed by atoms with Gasteiger partial charge in [-0.15, -0.1) is 0 Å². The lowest BCUT2D eigenvalue weighted by Crippen LogP contribution is -2.27. The highest BCUT2D eigenvalue weighted by Gasteiger charge is 2.10. The standard InChI is InChI=1S/C18H28FNO/c1-3-4-5-6-7-8-9-10-15-20(2)18(21)16-11-13-17(19)14-12-16/h11-14H,3-10,15H2,1-2H3. The molecule has 118 valence electrons. The van der Waals surface area contributed by atoms with Gasteiger partial charge in [0.05, 0.1) is 0 Å². The molecule has 0 aliphatic rings. The molecule has 0 heterocycles. The van der Waals surface area contributed by atoms with Gasteiger partial charge in [0.15, 0.2) is 0 Å². The van der Waals surface area contributed by atoms with Gasteiger partial charge in [-0.1, -0.05) is 51.9 Å². The van der Waals surface area contributed by atoms with E-state index in [2.05, 4.69) is 6.92 Å². The van der Waals surface area contributed by atoms with Crippen LogP contribution in [0.5, 0.6) is 0 Å². The average Bonchev–Trinajstić information content (AvgIpc) is 2.49. The van der Waals surface area contributed by atoms with Crippen molar-refractivity contribution in [3.63, 3.8) is 0 Å². The molecule has 0 aromatic heterocycles. The summed E-state index contributed by atoms with van der Waals surface area (Å²) in [6.45, 7) is 3.00. The van der Waals surface area contributed by atoms with Gasteiger partial charge in [-0.25, -0.2) is 4.39 Å². The predicted octanol–water partition coefficient (Wildman–Crippen LogP) is 5.04. The second kappa shape index (κ2) is 10.4. The maximum absolute atomic E-state index is 12.8. The second-order valence-electron chi connectivity index (χ2n) is 5.71. The van der Waals surface area contributed by atoms with Gasteiger partial charge < -0.3 is 4.90 Å². The number of hydrogen-bond donors (Lipinski definition) is 0. The number of halogens is 1. The normalized spacial score (nSPS) is 10.6. The monoisotopic (exact) mass is 293 g/mol. The van der Waals surface area contributed by atoms with E-state index >= 15 is 0 Å². The molecule has 0 atom stereocenters. The van der Waals surface area contributed by atoms with Crippen molar-refractivity contribution >= 4 is 5.91 Å². The molecule has 1 aromatic rings. The Labute approximate surface area is 128 Å². The van der Waals surface area contributed by atoms with E-state index in [-0.39, 0.29) is 11.7 Å². The predicted molar refractivity (Wildman–Crippen MR) is 86.0 cm³/mol. The number of carbonyl (C=O) groups is 1. The third-order valence-electron chi connectivity index (χ3n) is 3.78. The zero-order chi connectivity index (χ0) is 15.5. The van der Waals surface area contributed by atoms with Crippen LogP contribution in [0.3, 0.4) is 0 Å². The smallest absolute Gasteiger partial charge is 0.253 e. The molecule has 0 saturated heterocycles. The minimum atomic E-state index is -0.308. The Kier molecular flexibility index (Phi) is 8.72. The van der Waals surface area contributed by atoms with Crippen LogP contribution in [-0.4, -0.2) is 24.4 Å². The molecule has 0 aliphatic carbocycles. The van der Waals surface area contributed by atoms with Crippen molar-refractivity contribution in [2.24, 2.45) is 0 Å². The van der Waals surface area contributed by atoms with Crippen molar-refractivity contribution in [3.8, 4) is 0 Å². The summed E-state index contributed by atoms with van der Waals surface area (Å²) < 4.78 is 12.8. The molecule has 3 heteroatoms. The second-order valence-corrected chi connectivity index (χ2v) is 5.71. The topological polar surface area (TPSA) is 20.3 Å². The first-order valence-electron chi connectivity index (χ1n) is 8.16. The van der Waals surface area contributed by atoms with E-state index in [1.165, 1.54) is 57.1 Å². The summed E-state index contributed by atoms with van der Waals surface area (Å²) in [6, 6.07) is 5.75. The molecule has 0 saturated carbocycles. The number of benzene rings is 1. The third kappa shape index (κ3) is 7.26. The van der Waals surface area contributed by atoms with Crippen molar-refractivity contribution in [3.05, 3.63) is 35.6 Å². The summed E-state index contributed by atoms with van der Waals surface area (Å²) in [7, 11) is 1.81. The first-order valence-corrected chi connectivity index (χ1v) is 8.16. The van der Waals surface area contributed by atoms with E-state index in [4.69, 9.17) is 0 Å². The molecular weight excluding hydrogens is 265 g/mol. The van der Waals surface area contributed by atoms with Gasteiger partial charge in [-0.2, -0.15) is 0 Å². The van der Waals surface area contributed by atoms with Gasteiger partial charge in [0, 0.05) is 19.2 Å². The van der Waals surface area contributed by atoms with Crippen molar-refractivity contribution < 1.29 is 9.18 Å². The minimum absolute atomic E-state index is 0.0297. The highest BCUT2D eigenvalue weighted by Crippen LogP contribution is 2.10. The average molecular weight is 293 g/mol. The summed E-state index contributed by atoms with van der Waals surface area (Å²) in [5.41, 5.74) is 0.554. The van der Waals surface area contributed by atoms with E-state index in [0.717, 1.165) is 13.0 Å². The molecule has 0 bridgehead atoms. The van der Waals surface area contributed by atoms with E-state index in [0.29, 0.717) is 5.56 Å². The minimum Gasteiger partial charge on any atom is -0.342 e. The van der Waals surface area contributed by atoms with Gasteiger partial charge in [-0.3, -0.25) is 4.79 Å². The number of rotatable bonds is 10. The van der Waals surface area contributed by atoms with Crippen molar-refractivity contribution in [1.29, 1.82) is 0 Å².